The van der Waals surface area contributed by atoms with Gasteiger partial charge in [0, 0.05) is 11.6 Å². The van der Waals surface area contributed by atoms with Crippen molar-refractivity contribution in [1.29, 1.82) is 0 Å². The lowest BCUT2D eigenvalue weighted by Crippen LogP contribution is -2.29. The Balaban J connectivity index is 2.03. The first kappa shape index (κ1) is 13.1. The molecule has 1 aliphatic rings. The number of aliphatic hydroxyl groups excluding tert-OH is 1. The fourth-order valence-corrected chi connectivity index (χ4v) is 1.57. The van der Waals surface area contributed by atoms with Gasteiger partial charge in [0.15, 0.2) is 18.1 Å². The predicted octanol–water partition coefficient (Wildman–Crippen LogP) is 0.0358. The van der Waals surface area contributed by atoms with E-state index in [1.807, 2.05) is 0 Å². The highest BCUT2D eigenvalue weighted by atomic mass is 16.7. The molecule has 19 heavy (non-hydrogen) atoms. The molecule has 0 aliphatic carbocycles. The summed E-state index contributed by atoms with van der Waals surface area (Å²) in [4.78, 5) is 11.4. The molecule has 1 aliphatic heterocycles. The van der Waals surface area contributed by atoms with Crippen LogP contribution in [0.25, 0.3) is 0 Å². The molecule has 0 unspecified atom stereocenters. The summed E-state index contributed by atoms with van der Waals surface area (Å²) < 4.78 is 15.7. The molecule has 1 heterocycles. The molecule has 0 saturated heterocycles. The zero-order chi connectivity index (χ0) is 13.7. The van der Waals surface area contributed by atoms with E-state index < -0.39 is 0 Å². The van der Waals surface area contributed by atoms with Crippen molar-refractivity contribution in [2.24, 2.45) is 0 Å². The number of hydrogen-bond donors (Lipinski definition) is 2. The number of terminal acetylenes is 1. The average Bonchev–Trinajstić information content (AvgIpc) is 2.88. The van der Waals surface area contributed by atoms with E-state index in [2.05, 4.69) is 11.2 Å². The normalized spacial score (nSPS) is 11.8. The number of fused-ring (bicyclic) bond motifs is 1. The third-order valence-corrected chi connectivity index (χ3v) is 2.47. The lowest BCUT2D eigenvalue weighted by atomic mass is 10.2. The summed E-state index contributed by atoms with van der Waals surface area (Å²) in [6.07, 6.45) is 5.02. The van der Waals surface area contributed by atoms with Crippen LogP contribution in [0.2, 0.25) is 0 Å². The third kappa shape index (κ3) is 3.09. The number of rotatable bonds is 5. The highest BCUT2D eigenvalue weighted by Gasteiger charge is 2.18. The third-order valence-electron chi connectivity index (χ3n) is 2.47. The molecule has 0 radical (unpaired) electrons. The van der Waals surface area contributed by atoms with Crippen LogP contribution in [0, 0.1) is 12.3 Å². The first-order chi connectivity index (χ1) is 9.24. The van der Waals surface area contributed by atoms with Gasteiger partial charge in [-0.15, -0.1) is 6.42 Å². The van der Waals surface area contributed by atoms with Crippen molar-refractivity contribution in [2.45, 2.75) is 6.61 Å². The van der Waals surface area contributed by atoms with Crippen molar-refractivity contribution < 1.29 is 24.1 Å². The van der Waals surface area contributed by atoms with Crippen molar-refractivity contribution in [3.8, 4) is 29.6 Å². The molecule has 1 amide bonds. The van der Waals surface area contributed by atoms with Crippen LogP contribution >= 0.6 is 0 Å². The van der Waals surface area contributed by atoms with E-state index in [4.69, 9.17) is 20.6 Å². The van der Waals surface area contributed by atoms with E-state index in [9.17, 15) is 9.90 Å². The minimum atomic E-state index is -0.334. The fraction of sp³-hybridized carbons (Fsp3) is 0.308. The minimum Gasteiger partial charge on any atom is -0.483 e. The highest BCUT2D eigenvalue weighted by molar-refractivity contribution is 5.77. The van der Waals surface area contributed by atoms with Crippen LogP contribution < -0.4 is 19.5 Å². The van der Waals surface area contributed by atoms with Gasteiger partial charge in [-0.05, 0) is 6.07 Å². The Labute approximate surface area is 110 Å². The Hall–Kier alpha value is -2.39. The smallest absolute Gasteiger partial charge is 0.258 e. The summed E-state index contributed by atoms with van der Waals surface area (Å²) in [6.45, 7) is -0.130. The van der Waals surface area contributed by atoms with Crippen molar-refractivity contribution in [3.63, 3.8) is 0 Å². The van der Waals surface area contributed by atoms with Gasteiger partial charge in [-0.25, -0.2) is 0 Å². The maximum absolute atomic E-state index is 11.4. The van der Waals surface area contributed by atoms with Crippen molar-refractivity contribution in [1.82, 2.24) is 5.32 Å². The molecule has 0 saturated carbocycles. The van der Waals surface area contributed by atoms with Gasteiger partial charge < -0.3 is 24.6 Å². The molecule has 6 nitrogen and oxygen atoms in total. The maximum Gasteiger partial charge on any atom is 0.258 e. The zero-order valence-corrected chi connectivity index (χ0v) is 10.1. The van der Waals surface area contributed by atoms with E-state index in [1.165, 1.54) is 0 Å². The quantitative estimate of drug-likeness (QED) is 0.733. The number of carbonyl (C=O) groups excluding carboxylic acids is 1. The molecule has 6 heteroatoms. The molecular formula is C13H13NO5. The van der Waals surface area contributed by atoms with Crippen LogP contribution in [-0.4, -0.2) is 31.0 Å². The summed E-state index contributed by atoms with van der Waals surface area (Å²) in [5.41, 5.74) is 0.522. The molecule has 0 fully saturated rings. The van der Waals surface area contributed by atoms with Crippen LogP contribution in [-0.2, 0) is 11.4 Å². The van der Waals surface area contributed by atoms with Crippen LogP contribution in [0.3, 0.4) is 0 Å². The topological polar surface area (TPSA) is 77.0 Å². The van der Waals surface area contributed by atoms with E-state index >= 15 is 0 Å². The van der Waals surface area contributed by atoms with Gasteiger partial charge in [0.25, 0.3) is 5.91 Å². The Morgan fingerprint density at radius 1 is 1.47 bits per heavy atom. The van der Waals surface area contributed by atoms with Crippen LogP contribution in [0.5, 0.6) is 17.2 Å². The summed E-state index contributed by atoms with van der Waals surface area (Å²) in [6, 6.07) is 3.21. The Morgan fingerprint density at radius 2 is 2.21 bits per heavy atom. The molecule has 0 spiro atoms. The van der Waals surface area contributed by atoms with Gasteiger partial charge in [-0.3, -0.25) is 4.79 Å². The predicted molar refractivity (Wildman–Crippen MR) is 65.8 cm³/mol. The van der Waals surface area contributed by atoms with Crippen molar-refractivity contribution >= 4 is 5.91 Å². The SMILES string of the molecule is C#CCNC(=O)COc1cc2c(cc1CO)OCO2. The number of nitrogens with one attached hydrogen (secondary N) is 1. The molecule has 0 bridgehead atoms. The Kier molecular flexibility index (Phi) is 4.11. The number of carbonyl (C=O) groups is 1. The monoisotopic (exact) mass is 263 g/mol. The Morgan fingerprint density at radius 3 is 2.89 bits per heavy atom. The molecule has 1 aromatic carbocycles. The molecule has 100 valence electrons. The van der Waals surface area contributed by atoms with Gasteiger partial charge in [0.1, 0.15) is 5.75 Å². The second-order valence-corrected chi connectivity index (χ2v) is 3.74. The molecule has 0 atom stereocenters. The number of hydrogen-bond acceptors (Lipinski definition) is 5. The summed E-state index contributed by atoms with van der Waals surface area (Å²) in [5.74, 6) is 3.41. The fourth-order valence-electron chi connectivity index (χ4n) is 1.57. The van der Waals surface area contributed by atoms with Gasteiger partial charge in [-0.2, -0.15) is 0 Å². The van der Waals surface area contributed by atoms with E-state index in [1.54, 1.807) is 12.1 Å². The summed E-state index contributed by atoms with van der Waals surface area (Å²) in [5, 5.41) is 11.7. The van der Waals surface area contributed by atoms with Gasteiger partial charge in [0.2, 0.25) is 6.79 Å². The van der Waals surface area contributed by atoms with E-state index in [0.717, 1.165) is 0 Å². The second kappa shape index (κ2) is 5.98. The van der Waals surface area contributed by atoms with E-state index in [0.29, 0.717) is 22.8 Å². The van der Waals surface area contributed by atoms with Gasteiger partial charge in [0.05, 0.1) is 13.2 Å². The molecule has 1 aromatic rings. The van der Waals surface area contributed by atoms with Gasteiger partial charge in [-0.1, -0.05) is 5.92 Å². The first-order valence-electron chi connectivity index (χ1n) is 5.61. The molecule has 2 rings (SSSR count). The highest BCUT2D eigenvalue weighted by Crippen LogP contribution is 2.38. The number of amides is 1. The molecule has 2 N–H and O–H groups in total. The molecular weight excluding hydrogens is 250 g/mol. The summed E-state index contributed by atoms with van der Waals surface area (Å²) >= 11 is 0. The summed E-state index contributed by atoms with van der Waals surface area (Å²) in [7, 11) is 0. The lowest BCUT2D eigenvalue weighted by molar-refractivity contribution is -0.122. The minimum absolute atomic E-state index is 0.131. The Bertz CT molecular complexity index is 521. The average molecular weight is 263 g/mol. The maximum atomic E-state index is 11.4. The van der Waals surface area contributed by atoms with E-state index in [-0.39, 0.29) is 32.5 Å². The van der Waals surface area contributed by atoms with Crippen LogP contribution in [0.1, 0.15) is 5.56 Å². The number of benzene rings is 1. The molecule has 0 aromatic heterocycles. The standard InChI is InChI=1S/C13H13NO5/c1-2-3-14-13(16)7-17-10-5-12-11(18-8-19-12)4-9(10)6-15/h1,4-5,15H,3,6-8H2,(H,14,16). The van der Waals surface area contributed by atoms with Crippen LogP contribution in [0.15, 0.2) is 12.1 Å². The van der Waals surface area contributed by atoms with Crippen molar-refractivity contribution in [3.05, 3.63) is 17.7 Å². The first-order valence-corrected chi connectivity index (χ1v) is 5.61. The van der Waals surface area contributed by atoms with Crippen LogP contribution in [0.4, 0.5) is 0 Å². The number of aliphatic hydroxyl groups is 1. The van der Waals surface area contributed by atoms with Crippen molar-refractivity contribution in [2.75, 3.05) is 19.9 Å². The zero-order valence-electron chi connectivity index (χ0n) is 10.1. The number of ether oxygens (including phenoxy) is 3. The lowest BCUT2D eigenvalue weighted by Gasteiger charge is -2.10. The second-order valence-electron chi connectivity index (χ2n) is 3.74. The largest absolute Gasteiger partial charge is 0.483 e. The van der Waals surface area contributed by atoms with Gasteiger partial charge >= 0.3 is 0 Å².